The molecule has 1 aromatic carbocycles. The molecule has 0 fully saturated rings. The summed E-state index contributed by atoms with van der Waals surface area (Å²) in [6.07, 6.45) is 1.55. The van der Waals surface area contributed by atoms with Crippen LogP contribution in [0, 0.1) is 0 Å². The minimum Gasteiger partial charge on any atom is -0.454 e. The fourth-order valence-corrected chi connectivity index (χ4v) is 6.18. The van der Waals surface area contributed by atoms with Crippen molar-refractivity contribution in [3.8, 4) is 22.1 Å². The molecule has 0 spiro atoms. The van der Waals surface area contributed by atoms with Crippen LogP contribution >= 0.6 is 22.7 Å². The second-order valence-corrected chi connectivity index (χ2v) is 10.9. The van der Waals surface area contributed by atoms with E-state index in [9.17, 15) is 9.59 Å². The summed E-state index contributed by atoms with van der Waals surface area (Å²) in [6.45, 7) is 10.3. The van der Waals surface area contributed by atoms with Gasteiger partial charge in [0, 0.05) is 29.1 Å². The zero-order valence-electron chi connectivity index (χ0n) is 18.5. The lowest BCUT2D eigenvalue weighted by molar-refractivity contribution is -0.111. The topological polar surface area (TPSA) is 90.0 Å². The number of hydrogen-bond donors (Lipinski definition) is 1. The van der Waals surface area contributed by atoms with Gasteiger partial charge in [0.1, 0.15) is 15.6 Å². The van der Waals surface area contributed by atoms with Crippen LogP contribution in [0.4, 0.5) is 9.80 Å². The third kappa shape index (κ3) is 4.16. The van der Waals surface area contributed by atoms with Crippen molar-refractivity contribution in [3.63, 3.8) is 0 Å². The van der Waals surface area contributed by atoms with Gasteiger partial charge in [0.05, 0.1) is 16.8 Å². The molecule has 10 heteroatoms. The van der Waals surface area contributed by atoms with Gasteiger partial charge in [0.2, 0.25) is 12.7 Å². The first kappa shape index (κ1) is 21.7. The van der Waals surface area contributed by atoms with Gasteiger partial charge in [-0.25, -0.2) is 9.78 Å². The lowest BCUT2D eigenvalue weighted by atomic mass is 10.0. The van der Waals surface area contributed by atoms with E-state index in [0.29, 0.717) is 36.0 Å². The van der Waals surface area contributed by atoms with E-state index >= 15 is 0 Å². The van der Waals surface area contributed by atoms with Gasteiger partial charge >= 0.3 is 6.09 Å². The van der Waals surface area contributed by atoms with E-state index in [1.165, 1.54) is 28.7 Å². The Morgan fingerprint density at radius 1 is 1.24 bits per heavy atom. The van der Waals surface area contributed by atoms with Gasteiger partial charge in [-0.2, -0.15) is 0 Å². The highest BCUT2D eigenvalue weighted by atomic mass is 32.1. The standard InChI is InChI=1S/C23H23N3O5S2/c1-5-18(27)25-21-19(20-24-13-8-14-15(30-11-29-14)9-16(13)32-20)12-6-7-26(10-17(12)33-21)22(28)31-23(2,3)4/h5,8-9H,1,6-7,10-11H2,2-4H3,(H,25,27). The number of ether oxygens (including phenoxy) is 3. The molecule has 1 N–H and O–H groups in total. The lowest BCUT2D eigenvalue weighted by Gasteiger charge is -2.30. The number of nitrogens with one attached hydrogen (secondary N) is 1. The summed E-state index contributed by atoms with van der Waals surface area (Å²) in [5.74, 6) is 1.10. The van der Waals surface area contributed by atoms with E-state index in [0.717, 1.165) is 31.2 Å². The number of anilines is 1. The Morgan fingerprint density at radius 2 is 2.00 bits per heavy atom. The number of rotatable bonds is 3. The van der Waals surface area contributed by atoms with Gasteiger partial charge in [0.15, 0.2) is 11.5 Å². The average molecular weight is 486 g/mol. The van der Waals surface area contributed by atoms with Crippen molar-refractivity contribution in [2.45, 2.75) is 39.3 Å². The number of carbonyl (C=O) groups excluding carboxylic acids is 2. The molecule has 0 saturated carbocycles. The molecule has 172 valence electrons. The van der Waals surface area contributed by atoms with Crippen LogP contribution in [-0.2, 0) is 22.5 Å². The van der Waals surface area contributed by atoms with Gasteiger partial charge in [-0.05, 0) is 38.8 Å². The molecular weight excluding hydrogens is 462 g/mol. The average Bonchev–Trinajstić information content (AvgIpc) is 3.45. The van der Waals surface area contributed by atoms with Gasteiger partial charge < -0.3 is 24.4 Å². The molecular formula is C23H23N3O5S2. The first-order chi connectivity index (χ1) is 15.7. The Balaban J connectivity index is 1.53. The van der Waals surface area contributed by atoms with Gasteiger partial charge in [0.25, 0.3) is 0 Å². The number of carbonyl (C=O) groups is 2. The van der Waals surface area contributed by atoms with Crippen LogP contribution in [0.2, 0.25) is 0 Å². The highest BCUT2D eigenvalue weighted by molar-refractivity contribution is 7.23. The van der Waals surface area contributed by atoms with Crippen molar-refractivity contribution in [2.24, 2.45) is 0 Å². The first-order valence-corrected chi connectivity index (χ1v) is 12.1. The van der Waals surface area contributed by atoms with E-state index in [2.05, 4.69) is 11.9 Å². The molecule has 0 aliphatic carbocycles. The molecule has 2 aliphatic rings. The molecule has 33 heavy (non-hydrogen) atoms. The summed E-state index contributed by atoms with van der Waals surface area (Å²) in [5.41, 5.74) is 2.25. The third-order valence-electron chi connectivity index (χ3n) is 5.23. The van der Waals surface area contributed by atoms with Crippen LogP contribution in [0.15, 0.2) is 24.8 Å². The summed E-state index contributed by atoms with van der Waals surface area (Å²) in [5, 5.41) is 4.44. The summed E-state index contributed by atoms with van der Waals surface area (Å²) in [6, 6.07) is 3.81. The summed E-state index contributed by atoms with van der Waals surface area (Å²) < 4.78 is 17.5. The van der Waals surface area contributed by atoms with E-state index in [-0.39, 0.29) is 18.8 Å². The Kier molecular flexibility index (Phi) is 5.29. The maximum absolute atomic E-state index is 12.6. The summed E-state index contributed by atoms with van der Waals surface area (Å²) in [7, 11) is 0. The minimum absolute atomic E-state index is 0.212. The maximum Gasteiger partial charge on any atom is 0.410 e. The quantitative estimate of drug-likeness (QED) is 0.515. The molecule has 0 unspecified atom stereocenters. The summed E-state index contributed by atoms with van der Waals surface area (Å²) >= 11 is 2.99. The van der Waals surface area contributed by atoms with Crippen LogP contribution < -0.4 is 14.8 Å². The highest BCUT2D eigenvalue weighted by Crippen LogP contribution is 2.47. The highest BCUT2D eigenvalue weighted by Gasteiger charge is 2.31. The van der Waals surface area contributed by atoms with Crippen LogP contribution in [-0.4, -0.2) is 40.8 Å². The molecule has 0 radical (unpaired) electrons. The Labute approximate surface area is 198 Å². The monoisotopic (exact) mass is 485 g/mol. The molecule has 3 aromatic rings. The van der Waals surface area contributed by atoms with Gasteiger partial charge in [-0.1, -0.05) is 6.58 Å². The second-order valence-electron chi connectivity index (χ2n) is 8.75. The predicted molar refractivity (Wildman–Crippen MR) is 128 cm³/mol. The molecule has 2 aromatic heterocycles. The lowest BCUT2D eigenvalue weighted by Crippen LogP contribution is -2.39. The van der Waals surface area contributed by atoms with Crippen molar-refractivity contribution in [1.29, 1.82) is 0 Å². The van der Waals surface area contributed by atoms with Crippen LogP contribution in [0.25, 0.3) is 20.8 Å². The zero-order chi connectivity index (χ0) is 23.3. The second kappa shape index (κ2) is 8.03. The Morgan fingerprint density at radius 3 is 2.73 bits per heavy atom. The number of fused-ring (bicyclic) bond motifs is 3. The molecule has 5 rings (SSSR count). The Hall–Kier alpha value is -3.11. The zero-order valence-corrected chi connectivity index (χ0v) is 20.2. The fraction of sp³-hybridized carbons (Fsp3) is 0.348. The molecule has 4 heterocycles. The predicted octanol–water partition coefficient (Wildman–Crippen LogP) is 5.17. The number of nitrogens with zero attached hydrogens (tertiary/aromatic N) is 2. The molecule has 0 atom stereocenters. The minimum atomic E-state index is -0.560. The van der Waals surface area contributed by atoms with E-state index < -0.39 is 5.60 Å². The smallest absolute Gasteiger partial charge is 0.410 e. The number of thiazole rings is 1. The molecule has 0 bridgehead atoms. The number of hydrogen-bond acceptors (Lipinski definition) is 8. The van der Waals surface area contributed by atoms with Crippen LogP contribution in [0.1, 0.15) is 31.2 Å². The van der Waals surface area contributed by atoms with Crippen molar-refractivity contribution in [1.82, 2.24) is 9.88 Å². The molecule has 0 saturated heterocycles. The first-order valence-electron chi connectivity index (χ1n) is 10.5. The maximum atomic E-state index is 12.6. The van der Waals surface area contributed by atoms with Crippen LogP contribution in [0.5, 0.6) is 11.5 Å². The largest absolute Gasteiger partial charge is 0.454 e. The van der Waals surface area contributed by atoms with Crippen molar-refractivity contribution >= 4 is 49.9 Å². The molecule has 2 amide bonds. The van der Waals surface area contributed by atoms with Gasteiger partial charge in [-0.3, -0.25) is 4.79 Å². The van der Waals surface area contributed by atoms with Crippen molar-refractivity contribution in [2.75, 3.05) is 18.7 Å². The van der Waals surface area contributed by atoms with E-state index in [4.69, 9.17) is 19.2 Å². The third-order valence-corrected chi connectivity index (χ3v) is 7.40. The van der Waals surface area contributed by atoms with E-state index in [1.54, 1.807) is 4.90 Å². The number of aromatic nitrogens is 1. The number of benzene rings is 1. The normalized spacial score (nSPS) is 14.8. The SMILES string of the molecule is C=CC(=O)Nc1sc2c(c1-c1nc3cc4c(cc3s1)OCO4)CCN(C(=O)OC(C)(C)C)C2. The van der Waals surface area contributed by atoms with Crippen molar-refractivity contribution in [3.05, 3.63) is 35.2 Å². The van der Waals surface area contributed by atoms with Crippen molar-refractivity contribution < 1.29 is 23.8 Å². The summed E-state index contributed by atoms with van der Waals surface area (Å²) in [4.78, 5) is 32.3. The van der Waals surface area contributed by atoms with Gasteiger partial charge in [-0.15, -0.1) is 22.7 Å². The van der Waals surface area contributed by atoms with E-state index in [1.807, 2.05) is 32.9 Å². The Bertz CT molecular complexity index is 1250. The molecule has 8 nitrogen and oxygen atoms in total. The fourth-order valence-electron chi connectivity index (χ4n) is 3.79. The van der Waals surface area contributed by atoms with Crippen LogP contribution in [0.3, 0.4) is 0 Å². The molecule has 2 aliphatic heterocycles. The number of thiophene rings is 1. The number of amides is 2.